The van der Waals surface area contributed by atoms with Crippen LogP contribution in [0.2, 0.25) is 0 Å². The van der Waals surface area contributed by atoms with Crippen LogP contribution < -0.4 is 0 Å². The Bertz CT molecular complexity index is 377. The minimum atomic E-state index is -0.115. The van der Waals surface area contributed by atoms with Crippen LogP contribution >= 0.6 is 0 Å². The summed E-state index contributed by atoms with van der Waals surface area (Å²) in [6.45, 7) is 8.48. The molecule has 1 saturated heterocycles. The molecular weight excluding hydrogens is 227 g/mol. The Kier molecular flexibility index (Phi) is 4.03. The van der Waals surface area contributed by atoms with Crippen molar-refractivity contribution >= 4 is 0 Å². The van der Waals surface area contributed by atoms with Gasteiger partial charge in [-0.1, -0.05) is 37.3 Å². The second-order valence-corrected chi connectivity index (χ2v) is 5.80. The highest BCUT2D eigenvalue weighted by Gasteiger charge is 2.38. The second kappa shape index (κ2) is 5.37. The molecule has 1 unspecified atom stereocenters. The van der Waals surface area contributed by atoms with Gasteiger partial charge in [0.2, 0.25) is 0 Å². The summed E-state index contributed by atoms with van der Waals surface area (Å²) in [4.78, 5) is 2.40. The van der Waals surface area contributed by atoms with Crippen LogP contribution in [-0.4, -0.2) is 34.7 Å². The van der Waals surface area contributed by atoms with Gasteiger partial charge in [0.1, 0.15) is 0 Å². The Morgan fingerprint density at radius 2 is 1.94 bits per heavy atom. The van der Waals surface area contributed by atoms with E-state index >= 15 is 0 Å². The molecule has 1 aromatic rings. The van der Waals surface area contributed by atoms with Crippen molar-refractivity contribution in [3.63, 3.8) is 0 Å². The lowest BCUT2D eigenvalue weighted by Crippen LogP contribution is -2.60. The molecule has 100 valence electrons. The summed E-state index contributed by atoms with van der Waals surface area (Å²) in [5.41, 5.74) is 1.18. The molecule has 1 fully saturated rings. The lowest BCUT2D eigenvalue weighted by atomic mass is 9.95. The normalized spacial score (nSPS) is 25.2. The van der Waals surface area contributed by atoms with Crippen LogP contribution in [0.15, 0.2) is 30.3 Å². The van der Waals surface area contributed by atoms with E-state index < -0.39 is 0 Å². The summed E-state index contributed by atoms with van der Waals surface area (Å²) in [5.74, 6) is 0. The van der Waals surface area contributed by atoms with Crippen LogP contribution in [0.5, 0.6) is 0 Å². The number of rotatable bonds is 3. The SMILES string of the molecule is CCC1CN(Cc2ccccc2)C(C)(C)CN1F. The van der Waals surface area contributed by atoms with Crippen LogP contribution in [-0.2, 0) is 6.54 Å². The van der Waals surface area contributed by atoms with Gasteiger partial charge in [-0.05, 0) is 25.8 Å². The summed E-state index contributed by atoms with van der Waals surface area (Å²) in [5, 5.41) is 1.02. The van der Waals surface area contributed by atoms with Crippen LogP contribution in [0.4, 0.5) is 4.48 Å². The van der Waals surface area contributed by atoms with E-state index in [0.717, 1.165) is 24.6 Å². The predicted molar refractivity (Wildman–Crippen MR) is 72.8 cm³/mol. The Hall–Kier alpha value is -0.930. The van der Waals surface area contributed by atoms with Gasteiger partial charge in [-0.15, -0.1) is 9.60 Å². The number of piperazine rings is 1. The van der Waals surface area contributed by atoms with Crippen molar-refractivity contribution in [1.82, 2.24) is 10.0 Å². The lowest BCUT2D eigenvalue weighted by Gasteiger charge is -2.47. The molecule has 0 saturated carbocycles. The van der Waals surface area contributed by atoms with Crippen LogP contribution in [0.1, 0.15) is 32.8 Å². The van der Waals surface area contributed by atoms with Gasteiger partial charge >= 0.3 is 0 Å². The molecule has 2 nitrogen and oxygen atoms in total. The smallest absolute Gasteiger partial charge is 0.0528 e. The molecule has 0 N–H and O–H groups in total. The number of hydrogen-bond acceptors (Lipinski definition) is 2. The lowest BCUT2D eigenvalue weighted by molar-refractivity contribution is -0.122. The van der Waals surface area contributed by atoms with E-state index in [1.165, 1.54) is 5.56 Å². The van der Waals surface area contributed by atoms with Crippen LogP contribution in [0.3, 0.4) is 0 Å². The third-order valence-electron chi connectivity index (χ3n) is 3.91. The van der Waals surface area contributed by atoms with Gasteiger partial charge in [0.25, 0.3) is 0 Å². The Morgan fingerprint density at radius 3 is 2.56 bits per heavy atom. The molecular formula is C15H23FN2. The molecule has 1 atom stereocenters. The van der Waals surface area contributed by atoms with Crippen LogP contribution in [0, 0.1) is 0 Å². The minimum Gasteiger partial charge on any atom is -0.291 e. The fourth-order valence-electron chi connectivity index (χ4n) is 2.60. The van der Waals surface area contributed by atoms with Crippen molar-refractivity contribution in [1.29, 1.82) is 0 Å². The maximum Gasteiger partial charge on any atom is 0.0528 e. The molecule has 0 aromatic heterocycles. The molecule has 0 amide bonds. The van der Waals surface area contributed by atoms with E-state index in [1.54, 1.807) is 0 Å². The van der Waals surface area contributed by atoms with Gasteiger partial charge in [-0.2, -0.15) is 0 Å². The van der Waals surface area contributed by atoms with Gasteiger partial charge in [0.05, 0.1) is 6.04 Å². The fourth-order valence-corrected chi connectivity index (χ4v) is 2.60. The Balaban J connectivity index is 2.10. The highest BCUT2D eigenvalue weighted by Crippen LogP contribution is 2.27. The first-order valence-corrected chi connectivity index (χ1v) is 6.74. The van der Waals surface area contributed by atoms with Gasteiger partial charge in [-0.3, -0.25) is 4.90 Å². The number of halogens is 1. The molecule has 1 aliphatic rings. The molecule has 1 heterocycles. The van der Waals surface area contributed by atoms with Gasteiger partial charge in [0, 0.05) is 25.2 Å². The molecule has 0 bridgehead atoms. The first-order valence-electron chi connectivity index (χ1n) is 6.74. The quantitative estimate of drug-likeness (QED) is 0.760. The molecule has 1 aromatic carbocycles. The summed E-state index contributed by atoms with van der Waals surface area (Å²) >= 11 is 0. The third kappa shape index (κ3) is 2.90. The van der Waals surface area contributed by atoms with E-state index in [-0.39, 0.29) is 11.6 Å². The third-order valence-corrected chi connectivity index (χ3v) is 3.91. The highest BCUT2D eigenvalue weighted by molar-refractivity contribution is 5.15. The average Bonchev–Trinajstić information content (AvgIpc) is 2.33. The number of hydrogen-bond donors (Lipinski definition) is 0. The van der Waals surface area contributed by atoms with E-state index in [9.17, 15) is 4.48 Å². The van der Waals surface area contributed by atoms with E-state index in [1.807, 2.05) is 6.07 Å². The molecule has 2 rings (SSSR count). The maximum absolute atomic E-state index is 13.9. The monoisotopic (exact) mass is 250 g/mol. The second-order valence-electron chi connectivity index (χ2n) is 5.80. The van der Waals surface area contributed by atoms with Crippen molar-refractivity contribution < 1.29 is 4.48 Å². The zero-order chi connectivity index (χ0) is 13.2. The summed E-state index contributed by atoms with van der Waals surface area (Å²) < 4.78 is 13.9. The summed E-state index contributed by atoms with van der Waals surface area (Å²) in [6, 6.07) is 10.5. The standard InChI is InChI=1S/C15H23FN2/c1-4-14-11-17(15(2,3)12-18(14)16)10-13-8-6-5-7-9-13/h5-9,14H,4,10-12H2,1-3H3. The maximum atomic E-state index is 13.9. The molecule has 0 aliphatic carbocycles. The fraction of sp³-hybridized carbons (Fsp3) is 0.600. The minimum absolute atomic E-state index is 0.0294. The first kappa shape index (κ1) is 13.5. The predicted octanol–water partition coefficient (Wildman–Crippen LogP) is 3.25. The number of nitrogens with zero attached hydrogens (tertiary/aromatic N) is 2. The van der Waals surface area contributed by atoms with Crippen molar-refractivity contribution in [2.75, 3.05) is 13.1 Å². The Labute approximate surface area is 109 Å². The molecule has 0 spiro atoms. The summed E-state index contributed by atoms with van der Waals surface area (Å²) in [7, 11) is 0. The highest BCUT2D eigenvalue weighted by atomic mass is 19.2. The zero-order valence-corrected chi connectivity index (χ0v) is 11.6. The Morgan fingerprint density at radius 1 is 1.28 bits per heavy atom. The van der Waals surface area contributed by atoms with Gasteiger partial charge in [0.15, 0.2) is 0 Å². The van der Waals surface area contributed by atoms with E-state index in [2.05, 4.69) is 49.9 Å². The van der Waals surface area contributed by atoms with Gasteiger partial charge < -0.3 is 0 Å². The molecule has 18 heavy (non-hydrogen) atoms. The summed E-state index contributed by atoms with van der Waals surface area (Å²) in [6.07, 6.45) is 0.859. The van der Waals surface area contributed by atoms with E-state index in [0.29, 0.717) is 6.54 Å². The van der Waals surface area contributed by atoms with Gasteiger partial charge in [-0.25, -0.2) is 0 Å². The van der Waals surface area contributed by atoms with Crippen molar-refractivity contribution in [3.8, 4) is 0 Å². The largest absolute Gasteiger partial charge is 0.291 e. The van der Waals surface area contributed by atoms with Crippen molar-refractivity contribution in [3.05, 3.63) is 35.9 Å². The average molecular weight is 250 g/mol. The van der Waals surface area contributed by atoms with Crippen molar-refractivity contribution in [2.24, 2.45) is 0 Å². The first-order chi connectivity index (χ1) is 8.53. The zero-order valence-electron chi connectivity index (χ0n) is 11.6. The van der Waals surface area contributed by atoms with Crippen molar-refractivity contribution in [2.45, 2.75) is 45.3 Å². The van der Waals surface area contributed by atoms with E-state index in [4.69, 9.17) is 0 Å². The molecule has 3 heteroatoms. The topological polar surface area (TPSA) is 6.48 Å². The molecule has 1 aliphatic heterocycles. The van der Waals surface area contributed by atoms with Crippen LogP contribution in [0.25, 0.3) is 0 Å². The number of benzene rings is 1. The molecule has 0 radical (unpaired) electrons.